The van der Waals surface area contributed by atoms with Crippen LogP contribution < -0.4 is 0 Å². The number of hydrogen-bond donors (Lipinski definition) is 2. The van der Waals surface area contributed by atoms with Crippen molar-refractivity contribution in [3.05, 3.63) is 90.0 Å². The first-order valence-corrected chi connectivity index (χ1v) is 9.26. The zero-order valence-corrected chi connectivity index (χ0v) is 15.7. The molecule has 1 unspecified atom stereocenters. The molecule has 2 heterocycles. The van der Waals surface area contributed by atoms with Crippen LogP contribution in [0, 0.1) is 5.82 Å². The summed E-state index contributed by atoms with van der Waals surface area (Å²) in [5, 5.41) is 22.1. The number of alkyl halides is 3. The van der Waals surface area contributed by atoms with E-state index in [4.69, 9.17) is 0 Å². The number of benzene rings is 3. The summed E-state index contributed by atoms with van der Waals surface area (Å²) in [5.74, 6) is -0.413. The molecule has 0 spiro atoms. The summed E-state index contributed by atoms with van der Waals surface area (Å²) in [6.07, 6.45) is -3.65. The molecule has 5 aromatic rings. The normalized spacial score (nSPS) is 14.2. The van der Waals surface area contributed by atoms with Crippen molar-refractivity contribution >= 4 is 21.8 Å². The average molecular weight is 426 g/mol. The summed E-state index contributed by atoms with van der Waals surface area (Å²) in [6, 6.07) is 15.7. The minimum Gasteiger partial charge on any atom is -0.371 e. The van der Waals surface area contributed by atoms with Crippen LogP contribution in [0.4, 0.5) is 17.6 Å². The van der Waals surface area contributed by atoms with Crippen molar-refractivity contribution in [3.8, 4) is 5.69 Å². The summed E-state index contributed by atoms with van der Waals surface area (Å²) >= 11 is 0. The van der Waals surface area contributed by atoms with Crippen LogP contribution in [0.25, 0.3) is 27.5 Å². The number of nitrogens with one attached hydrogen (secondary N) is 1. The van der Waals surface area contributed by atoms with E-state index in [1.54, 1.807) is 18.2 Å². The van der Waals surface area contributed by atoms with Gasteiger partial charge in [0.05, 0.1) is 22.9 Å². The standard InChI is InChI=1S/C22H14F4N4O/c23-15-6-8-16(9-7-15)30-19-10-5-14(11-13(19)12-27-30)21(31,22(24,25)26)20-17-3-1-2-4-18(17)28-29-20/h1-12,31H,(H,28,29). The number of rotatable bonds is 3. The second-order valence-electron chi connectivity index (χ2n) is 7.13. The Bertz CT molecular complexity index is 1400. The Hall–Kier alpha value is -3.72. The Morgan fingerprint density at radius 2 is 1.68 bits per heavy atom. The van der Waals surface area contributed by atoms with Gasteiger partial charge in [-0.2, -0.15) is 23.4 Å². The van der Waals surface area contributed by atoms with Gasteiger partial charge < -0.3 is 5.11 Å². The summed E-state index contributed by atoms with van der Waals surface area (Å²) < 4.78 is 57.4. The zero-order valence-electron chi connectivity index (χ0n) is 15.7. The van der Waals surface area contributed by atoms with Crippen LogP contribution in [0.2, 0.25) is 0 Å². The van der Waals surface area contributed by atoms with E-state index in [1.807, 2.05) is 0 Å². The first kappa shape index (κ1) is 19.3. The molecule has 5 rings (SSSR count). The highest BCUT2D eigenvalue weighted by Crippen LogP contribution is 2.46. The van der Waals surface area contributed by atoms with Crippen molar-refractivity contribution in [2.75, 3.05) is 0 Å². The molecule has 0 aliphatic rings. The number of aliphatic hydroxyl groups is 1. The molecular weight excluding hydrogens is 412 g/mol. The fourth-order valence-electron chi connectivity index (χ4n) is 3.72. The zero-order chi connectivity index (χ0) is 21.8. The van der Waals surface area contributed by atoms with Gasteiger partial charge in [0.1, 0.15) is 11.5 Å². The molecule has 9 heteroatoms. The van der Waals surface area contributed by atoms with Gasteiger partial charge in [-0.3, -0.25) is 5.10 Å². The van der Waals surface area contributed by atoms with E-state index in [1.165, 1.54) is 59.4 Å². The van der Waals surface area contributed by atoms with Gasteiger partial charge in [0, 0.05) is 10.8 Å². The van der Waals surface area contributed by atoms with Gasteiger partial charge in [-0.1, -0.05) is 24.3 Å². The van der Waals surface area contributed by atoms with Gasteiger partial charge in [-0.25, -0.2) is 9.07 Å². The van der Waals surface area contributed by atoms with E-state index in [9.17, 15) is 22.7 Å². The third-order valence-electron chi connectivity index (χ3n) is 5.28. The first-order chi connectivity index (χ1) is 14.8. The SMILES string of the molecule is OC(c1ccc2c(cnn2-c2ccc(F)cc2)c1)(c1n[nH]c2ccccc12)C(F)(F)F. The lowest BCUT2D eigenvalue weighted by Gasteiger charge is -2.29. The topological polar surface area (TPSA) is 66.7 Å². The lowest BCUT2D eigenvalue weighted by atomic mass is 9.87. The Morgan fingerprint density at radius 3 is 2.42 bits per heavy atom. The number of para-hydroxylation sites is 1. The highest BCUT2D eigenvalue weighted by Gasteiger charge is 2.58. The maximum atomic E-state index is 14.2. The van der Waals surface area contributed by atoms with Crippen LogP contribution in [-0.4, -0.2) is 31.3 Å². The highest BCUT2D eigenvalue weighted by molar-refractivity contribution is 5.84. The van der Waals surface area contributed by atoms with Crippen molar-refractivity contribution in [3.63, 3.8) is 0 Å². The molecule has 0 aliphatic carbocycles. The number of H-pyrrole nitrogens is 1. The van der Waals surface area contributed by atoms with Crippen LogP contribution in [0.3, 0.4) is 0 Å². The minimum absolute atomic E-state index is 0.171. The van der Waals surface area contributed by atoms with Gasteiger partial charge in [-0.15, -0.1) is 0 Å². The van der Waals surface area contributed by atoms with E-state index in [0.29, 0.717) is 22.1 Å². The van der Waals surface area contributed by atoms with Crippen LogP contribution in [-0.2, 0) is 5.60 Å². The van der Waals surface area contributed by atoms with E-state index >= 15 is 0 Å². The van der Waals surface area contributed by atoms with Crippen molar-refractivity contribution in [2.24, 2.45) is 0 Å². The molecule has 0 aliphatic heterocycles. The number of hydrogen-bond acceptors (Lipinski definition) is 3. The van der Waals surface area contributed by atoms with Crippen LogP contribution >= 0.6 is 0 Å². The first-order valence-electron chi connectivity index (χ1n) is 9.26. The quantitative estimate of drug-likeness (QED) is 0.406. The molecule has 0 bridgehead atoms. The number of halogens is 4. The molecular formula is C22H14F4N4O. The van der Waals surface area contributed by atoms with Crippen molar-refractivity contribution in [1.29, 1.82) is 0 Å². The van der Waals surface area contributed by atoms with Crippen LogP contribution in [0.1, 0.15) is 11.3 Å². The summed E-state index contributed by atoms with van der Waals surface area (Å²) in [5.41, 5.74) is -2.81. The molecule has 156 valence electrons. The average Bonchev–Trinajstić information content (AvgIpc) is 3.37. The van der Waals surface area contributed by atoms with E-state index in [0.717, 1.165) is 0 Å². The van der Waals surface area contributed by atoms with E-state index < -0.39 is 23.3 Å². The van der Waals surface area contributed by atoms with E-state index in [2.05, 4.69) is 15.3 Å². The molecule has 1 atom stereocenters. The van der Waals surface area contributed by atoms with Gasteiger partial charge in [-0.05, 0) is 48.0 Å². The van der Waals surface area contributed by atoms with Crippen LogP contribution in [0.15, 0.2) is 72.9 Å². The maximum Gasteiger partial charge on any atom is 0.427 e. The smallest absolute Gasteiger partial charge is 0.371 e. The second-order valence-corrected chi connectivity index (χ2v) is 7.13. The fraction of sp³-hybridized carbons (Fsp3) is 0.0909. The van der Waals surface area contributed by atoms with Crippen molar-refractivity contribution in [1.82, 2.24) is 20.0 Å². The predicted octanol–water partition coefficient (Wildman–Crippen LogP) is 4.84. The lowest BCUT2D eigenvalue weighted by molar-refractivity contribution is -0.249. The number of nitrogens with zero attached hydrogens (tertiary/aromatic N) is 3. The molecule has 3 aromatic carbocycles. The Morgan fingerprint density at radius 1 is 0.935 bits per heavy atom. The second kappa shape index (κ2) is 6.64. The van der Waals surface area contributed by atoms with Gasteiger partial charge >= 0.3 is 6.18 Å². The molecule has 31 heavy (non-hydrogen) atoms. The highest BCUT2D eigenvalue weighted by atomic mass is 19.4. The molecule has 0 fully saturated rings. The number of aromatic amines is 1. The Balaban J connectivity index is 1.69. The fourth-order valence-corrected chi connectivity index (χ4v) is 3.72. The molecule has 2 N–H and O–H groups in total. The van der Waals surface area contributed by atoms with E-state index in [-0.39, 0.29) is 10.9 Å². The third kappa shape index (κ3) is 2.89. The van der Waals surface area contributed by atoms with Gasteiger partial charge in [0.2, 0.25) is 5.60 Å². The summed E-state index contributed by atoms with van der Waals surface area (Å²) in [7, 11) is 0. The molecule has 0 amide bonds. The number of fused-ring (bicyclic) bond motifs is 2. The lowest BCUT2D eigenvalue weighted by Crippen LogP contribution is -2.43. The molecule has 2 aromatic heterocycles. The van der Waals surface area contributed by atoms with Crippen molar-refractivity contribution in [2.45, 2.75) is 11.8 Å². The minimum atomic E-state index is -5.04. The molecule has 5 nitrogen and oxygen atoms in total. The van der Waals surface area contributed by atoms with Crippen LogP contribution in [0.5, 0.6) is 0 Å². The number of aromatic nitrogens is 4. The van der Waals surface area contributed by atoms with Crippen molar-refractivity contribution < 1.29 is 22.7 Å². The summed E-state index contributed by atoms with van der Waals surface area (Å²) in [6.45, 7) is 0. The third-order valence-corrected chi connectivity index (χ3v) is 5.28. The Labute approximate surface area is 172 Å². The monoisotopic (exact) mass is 426 g/mol. The largest absolute Gasteiger partial charge is 0.427 e. The molecule has 0 saturated carbocycles. The Kier molecular flexibility index (Phi) is 4.13. The predicted molar refractivity (Wildman–Crippen MR) is 106 cm³/mol. The van der Waals surface area contributed by atoms with Gasteiger partial charge in [0.15, 0.2) is 0 Å². The maximum absolute atomic E-state index is 14.2. The molecule has 0 radical (unpaired) electrons. The summed E-state index contributed by atoms with van der Waals surface area (Å²) in [4.78, 5) is 0. The molecule has 0 saturated heterocycles. The van der Waals surface area contributed by atoms with Gasteiger partial charge in [0.25, 0.3) is 0 Å².